The second-order valence-electron chi connectivity index (χ2n) is 10.1. The van der Waals surface area contributed by atoms with Gasteiger partial charge in [0.1, 0.15) is 12.7 Å². The Balaban J connectivity index is 1.42. The third-order valence-corrected chi connectivity index (χ3v) is 7.46. The number of benzene rings is 1. The second kappa shape index (κ2) is 11.9. The Kier molecular flexibility index (Phi) is 8.71. The van der Waals surface area contributed by atoms with E-state index in [0.717, 1.165) is 26.1 Å². The van der Waals surface area contributed by atoms with E-state index in [9.17, 15) is 19.8 Å². The number of carbonyl (C=O) groups excluding carboxylic acids is 2. The van der Waals surface area contributed by atoms with Crippen LogP contribution < -0.4 is 0 Å². The van der Waals surface area contributed by atoms with Crippen LogP contribution in [0.15, 0.2) is 36.5 Å². The molecule has 0 radical (unpaired) electrons. The molecule has 0 unspecified atom stereocenters. The Morgan fingerprint density at radius 2 is 1.81 bits per heavy atom. The van der Waals surface area contributed by atoms with Gasteiger partial charge in [0, 0.05) is 26.7 Å². The van der Waals surface area contributed by atoms with E-state index in [-0.39, 0.29) is 37.1 Å². The number of amides is 1. The summed E-state index contributed by atoms with van der Waals surface area (Å²) in [6, 6.07) is 10.3. The number of rotatable bonds is 3. The largest absolute Gasteiger partial charge is 0.462 e. The van der Waals surface area contributed by atoms with Crippen LogP contribution in [0.1, 0.15) is 54.6 Å². The van der Waals surface area contributed by atoms with E-state index in [1.807, 2.05) is 18.2 Å². The molecule has 1 aromatic heterocycles. The summed E-state index contributed by atoms with van der Waals surface area (Å²) in [5, 5.41) is 28.6. The van der Waals surface area contributed by atoms with Gasteiger partial charge in [-0.05, 0) is 50.8 Å². The van der Waals surface area contributed by atoms with Crippen LogP contribution in [-0.2, 0) is 23.1 Å². The average molecular weight is 500 g/mol. The molecule has 1 aromatic carbocycles. The molecular formula is C26H37N5O5. The van der Waals surface area contributed by atoms with Gasteiger partial charge in [0.15, 0.2) is 5.69 Å². The third kappa shape index (κ3) is 6.48. The number of ether oxygens (including phenoxy) is 1. The summed E-state index contributed by atoms with van der Waals surface area (Å²) in [5.74, 6) is -0.546. The molecule has 1 amide bonds. The van der Waals surface area contributed by atoms with Gasteiger partial charge in [0.25, 0.3) is 5.91 Å². The second-order valence-corrected chi connectivity index (χ2v) is 10.1. The fraction of sp³-hybridized carbons (Fsp3) is 0.615. The Bertz CT molecular complexity index is 1010. The number of aromatic nitrogens is 3. The smallest absolute Gasteiger partial charge is 0.312 e. The van der Waals surface area contributed by atoms with Crippen molar-refractivity contribution >= 4 is 11.9 Å². The van der Waals surface area contributed by atoms with Crippen LogP contribution >= 0.6 is 0 Å². The summed E-state index contributed by atoms with van der Waals surface area (Å²) in [4.78, 5) is 30.3. The number of piperidine rings is 1. The van der Waals surface area contributed by atoms with Gasteiger partial charge in [-0.3, -0.25) is 19.2 Å². The van der Waals surface area contributed by atoms with Gasteiger partial charge in [-0.2, -0.15) is 0 Å². The molecule has 1 spiro atoms. The quantitative estimate of drug-likeness (QED) is 0.608. The molecule has 196 valence electrons. The maximum atomic E-state index is 13.3. The highest BCUT2D eigenvalue weighted by Crippen LogP contribution is 2.38. The molecule has 0 bridgehead atoms. The van der Waals surface area contributed by atoms with Crippen molar-refractivity contribution in [2.24, 2.45) is 12.5 Å². The van der Waals surface area contributed by atoms with Crippen molar-refractivity contribution in [1.82, 2.24) is 24.8 Å². The summed E-state index contributed by atoms with van der Waals surface area (Å²) in [6.45, 7) is 2.90. The maximum Gasteiger partial charge on any atom is 0.312 e. The minimum absolute atomic E-state index is 0.171. The van der Waals surface area contributed by atoms with Crippen molar-refractivity contribution in [1.29, 1.82) is 0 Å². The predicted molar refractivity (Wildman–Crippen MR) is 132 cm³/mol. The molecule has 0 aliphatic carbocycles. The van der Waals surface area contributed by atoms with Crippen molar-refractivity contribution < 1.29 is 24.5 Å². The van der Waals surface area contributed by atoms with E-state index in [1.165, 1.54) is 10.2 Å². The molecule has 36 heavy (non-hydrogen) atoms. The lowest BCUT2D eigenvalue weighted by molar-refractivity contribution is -0.165. The SMILES string of the molecule is Cn1cc(C(=O)N2CCCCC3(CCN(Cc4ccccc4)CC3)C(=O)OC[C@@H](O)[C@@H](O)CC2)nn1. The lowest BCUT2D eigenvalue weighted by atomic mass is 9.74. The normalized spacial score (nSPS) is 24.4. The fourth-order valence-electron chi connectivity index (χ4n) is 5.13. The van der Waals surface area contributed by atoms with Gasteiger partial charge in [0.2, 0.25) is 0 Å². The molecular weight excluding hydrogens is 462 g/mol. The van der Waals surface area contributed by atoms with Crippen LogP contribution in [0.3, 0.4) is 0 Å². The van der Waals surface area contributed by atoms with Crippen molar-refractivity contribution in [3.8, 4) is 0 Å². The monoisotopic (exact) mass is 499 g/mol. The number of likely N-dealkylation sites (tertiary alicyclic amines) is 1. The van der Waals surface area contributed by atoms with E-state index in [0.29, 0.717) is 32.2 Å². The first-order valence-electron chi connectivity index (χ1n) is 12.8. The molecule has 2 saturated heterocycles. The highest BCUT2D eigenvalue weighted by Gasteiger charge is 2.42. The number of aliphatic hydroxyl groups is 2. The van der Waals surface area contributed by atoms with Crippen LogP contribution in [-0.4, -0.2) is 91.9 Å². The predicted octanol–water partition coefficient (Wildman–Crippen LogP) is 1.38. The van der Waals surface area contributed by atoms with Gasteiger partial charge in [-0.15, -0.1) is 5.10 Å². The number of cyclic esters (lactones) is 1. The standard InChI is InChI=1S/C26H37N5O5/c1-29-18-21(27-28-29)24(34)31-13-6-5-10-26(25(35)36-19-23(33)22(32)9-14-31)11-15-30(16-12-26)17-20-7-3-2-4-8-20/h2-4,7-8,18,22-23,32-33H,5-6,9-17,19H2,1H3/t22-,23+/m0/s1. The minimum Gasteiger partial charge on any atom is -0.462 e. The van der Waals surface area contributed by atoms with Gasteiger partial charge in [-0.25, -0.2) is 0 Å². The van der Waals surface area contributed by atoms with Gasteiger partial charge >= 0.3 is 5.97 Å². The van der Waals surface area contributed by atoms with E-state index >= 15 is 0 Å². The van der Waals surface area contributed by atoms with Crippen molar-refractivity contribution in [2.75, 3.05) is 32.8 Å². The number of hydrogen-bond donors (Lipinski definition) is 2. The van der Waals surface area contributed by atoms with Crippen molar-refractivity contribution in [3.63, 3.8) is 0 Å². The number of hydrogen-bond acceptors (Lipinski definition) is 8. The molecule has 3 heterocycles. The summed E-state index contributed by atoms with van der Waals surface area (Å²) < 4.78 is 7.04. The van der Waals surface area contributed by atoms with Crippen molar-refractivity contribution in [2.45, 2.75) is 57.3 Å². The molecule has 2 atom stereocenters. The number of nitrogens with zero attached hydrogens (tertiary/aromatic N) is 5. The zero-order valence-electron chi connectivity index (χ0n) is 21.0. The highest BCUT2D eigenvalue weighted by atomic mass is 16.5. The van der Waals surface area contributed by atoms with Crippen LogP contribution in [0.4, 0.5) is 0 Å². The lowest BCUT2D eigenvalue weighted by Gasteiger charge is -2.40. The third-order valence-electron chi connectivity index (χ3n) is 7.46. The Morgan fingerprint density at radius 1 is 1.06 bits per heavy atom. The molecule has 2 aliphatic heterocycles. The molecule has 2 fully saturated rings. The van der Waals surface area contributed by atoms with Crippen LogP contribution in [0.5, 0.6) is 0 Å². The first kappa shape index (κ1) is 26.2. The van der Waals surface area contributed by atoms with Gasteiger partial charge in [-0.1, -0.05) is 42.0 Å². The lowest BCUT2D eigenvalue weighted by Crippen LogP contribution is -2.45. The molecule has 2 aromatic rings. The summed E-state index contributed by atoms with van der Waals surface area (Å²) in [5.41, 5.74) is 0.875. The minimum atomic E-state index is -1.21. The van der Waals surface area contributed by atoms with E-state index < -0.39 is 17.6 Å². The summed E-state index contributed by atoms with van der Waals surface area (Å²) >= 11 is 0. The Morgan fingerprint density at radius 3 is 2.50 bits per heavy atom. The molecule has 2 aliphatic rings. The summed E-state index contributed by atoms with van der Waals surface area (Å²) in [6.07, 6.45) is 2.92. The van der Waals surface area contributed by atoms with Crippen LogP contribution in [0.25, 0.3) is 0 Å². The number of aryl methyl sites for hydroxylation is 1. The zero-order valence-corrected chi connectivity index (χ0v) is 21.0. The highest BCUT2D eigenvalue weighted by molar-refractivity contribution is 5.91. The zero-order chi connectivity index (χ0) is 25.5. The van der Waals surface area contributed by atoms with Gasteiger partial charge in [0.05, 0.1) is 17.7 Å². The molecule has 2 N–H and O–H groups in total. The average Bonchev–Trinajstić information content (AvgIpc) is 3.33. The number of aliphatic hydroxyl groups excluding tert-OH is 2. The van der Waals surface area contributed by atoms with E-state index in [4.69, 9.17) is 4.74 Å². The van der Waals surface area contributed by atoms with E-state index in [2.05, 4.69) is 27.3 Å². The van der Waals surface area contributed by atoms with Gasteiger partial charge < -0.3 is 19.8 Å². The van der Waals surface area contributed by atoms with Crippen molar-refractivity contribution in [3.05, 3.63) is 47.8 Å². The topological polar surface area (TPSA) is 121 Å². The first-order valence-corrected chi connectivity index (χ1v) is 12.8. The molecule has 4 rings (SSSR count). The number of esters is 1. The first-order chi connectivity index (χ1) is 17.4. The fourth-order valence-corrected chi connectivity index (χ4v) is 5.13. The maximum absolute atomic E-state index is 13.3. The molecule has 0 saturated carbocycles. The molecule has 10 nitrogen and oxygen atoms in total. The Labute approximate surface area is 211 Å². The Hall–Kier alpha value is -2.82. The molecule has 10 heteroatoms. The number of carbonyl (C=O) groups is 2. The van der Waals surface area contributed by atoms with Crippen LogP contribution in [0, 0.1) is 5.41 Å². The van der Waals surface area contributed by atoms with Crippen LogP contribution in [0.2, 0.25) is 0 Å². The van der Waals surface area contributed by atoms with E-state index in [1.54, 1.807) is 18.1 Å². The summed E-state index contributed by atoms with van der Waals surface area (Å²) in [7, 11) is 1.70.